The molecule has 14 heavy (non-hydrogen) atoms. The number of rotatable bonds is 4. The number of hydrogen-bond acceptors (Lipinski definition) is 0. The largest absolute Gasteiger partial charge is 0.120 e. The average Bonchev–Trinajstić information content (AvgIpc) is 2.26. The Bertz CT molecular complexity index is 300. The Morgan fingerprint density at radius 2 is 1.86 bits per heavy atom. The molecule has 0 aliphatic carbocycles. The van der Waals surface area contributed by atoms with Gasteiger partial charge < -0.3 is 0 Å². The van der Waals surface area contributed by atoms with Crippen molar-refractivity contribution in [3.63, 3.8) is 0 Å². The van der Waals surface area contributed by atoms with Gasteiger partial charge in [0.1, 0.15) is 0 Å². The van der Waals surface area contributed by atoms with Crippen molar-refractivity contribution >= 4 is 0 Å². The molecule has 0 heterocycles. The van der Waals surface area contributed by atoms with Crippen LogP contribution >= 0.6 is 0 Å². The molecule has 0 heteroatoms. The summed E-state index contributed by atoms with van der Waals surface area (Å²) in [5, 5.41) is 0. The summed E-state index contributed by atoms with van der Waals surface area (Å²) < 4.78 is 0. The van der Waals surface area contributed by atoms with Crippen LogP contribution in [0.2, 0.25) is 0 Å². The Morgan fingerprint density at radius 1 is 1.21 bits per heavy atom. The Morgan fingerprint density at radius 3 is 2.29 bits per heavy atom. The lowest BCUT2D eigenvalue weighted by Crippen LogP contribution is -1.96. The van der Waals surface area contributed by atoms with E-state index in [9.17, 15) is 0 Å². The van der Waals surface area contributed by atoms with Crippen LogP contribution in [0.3, 0.4) is 0 Å². The highest BCUT2D eigenvalue weighted by Crippen LogP contribution is 2.22. The summed E-state index contributed by atoms with van der Waals surface area (Å²) in [4.78, 5) is 0. The number of aryl methyl sites for hydroxylation is 1. The molecule has 0 spiro atoms. The van der Waals surface area contributed by atoms with Crippen LogP contribution in [-0.4, -0.2) is 0 Å². The van der Waals surface area contributed by atoms with E-state index in [0.29, 0.717) is 5.92 Å². The van der Waals surface area contributed by atoms with Gasteiger partial charge in [0.15, 0.2) is 0 Å². The molecule has 0 aliphatic rings. The van der Waals surface area contributed by atoms with Gasteiger partial charge in [-0.1, -0.05) is 38.1 Å². The third kappa shape index (κ3) is 2.64. The summed E-state index contributed by atoms with van der Waals surface area (Å²) in [6, 6.07) is 8.83. The van der Waals surface area contributed by atoms with Gasteiger partial charge in [-0.2, -0.15) is 0 Å². The summed E-state index contributed by atoms with van der Waals surface area (Å²) in [5.74, 6) is 3.28. The minimum Gasteiger partial charge on any atom is -0.120 e. The van der Waals surface area contributed by atoms with Gasteiger partial charge in [0.2, 0.25) is 0 Å². The summed E-state index contributed by atoms with van der Waals surface area (Å²) in [5.41, 5.74) is 2.77. The predicted octanol–water partition coefficient (Wildman–Crippen LogP) is 3.77. The minimum atomic E-state index is 0.533. The second kappa shape index (κ2) is 5.50. The van der Waals surface area contributed by atoms with Crippen LogP contribution in [0, 0.1) is 12.3 Å². The lowest BCUT2D eigenvalue weighted by Gasteiger charge is -2.12. The van der Waals surface area contributed by atoms with Crippen molar-refractivity contribution in [3.05, 3.63) is 35.4 Å². The smallest absolute Gasteiger partial charge is 0.0155 e. The van der Waals surface area contributed by atoms with E-state index >= 15 is 0 Å². The van der Waals surface area contributed by atoms with E-state index in [1.54, 1.807) is 0 Å². The average molecular weight is 186 g/mol. The van der Waals surface area contributed by atoms with E-state index in [1.807, 2.05) is 0 Å². The lowest BCUT2D eigenvalue weighted by molar-refractivity contribution is 0.684. The molecule has 0 aromatic heterocycles. The van der Waals surface area contributed by atoms with Crippen LogP contribution in [0.4, 0.5) is 0 Å². The molecular weight excluding hydrogens is 168 g/mol. The van der Waals surface area contributed by atoms with Crippen molar-refractivity contribution in [3.8, 4) is 12.3 Å². The molecule has 74 valence electrons. The highest BCUT2D eigenvalue weighted by atomic mass is 14.1. The zero-order valence-corrected chi connectivity index (χ0v) is 9.09. The maximum atomic E-state index is 5.35. The van der Waals surface area contributed by atoms with Crippen molar-refractivity contribution in [2.75, 3.05) is 0 Å². The molecule has 0 amide bonds. The standard InChI is InChI=1S/C14H18/c1-4-7-13(6-3)14-10-8-12(5-2)9-11-14/h1,8-11,13H,5-7H2,2-3H3. The maximum absolute atomic E-state index is 5.35. The third-order valence-corrected chi connectivity index (χ3v) is 2.72. The zero-order valence-electron chi connectivity index (χ0n) is 9.09. The topological polar surface area (TPSA) is 0 Å². The fraction of sp³-hybridized carbons (Fsp3) is 0.429. The van der Waals surface area contributed by atoms with E-state index in [-0.39, 0.29) is 0 Å². The molecule has 1 rings (SSSR count). The fourth-order valence-corrected chi connectivity index (χ4v) is 1.67. The van der Waals surface area contributed by atoms with Crippen LogP contribution in [0.1, 0.15) is 43.7 Å². The molecule has 1 aromatic rings. The monoisotopic (exact) mass is 186 g/mol. The van der Waals surface area contributed by atoms with Crippen LogP contribution in [0.25, 0.3) is 0 Å². The normalized spacial score (nSPS) is 12.1. The van der Waals surface area contributed by atoms with Crippen molar-refractivity contribution in [1.29, 1.82) is 0 Å². The molecule has 1 unspecified atom stereocenters. The van der Waals surface area contributed by atoms with Gasteiger partial charge in [0.25, 0.3) is 0 Å². The molecule has 0 nitrogen and oxygen atoms in total. The van der Waals surface area contributed by atoms with Crippen molar-refractivity contribution in [2.45, 2.75) is 39.0 Å². The highest BCUT2D eigenvalue weighted by molar-refractivity contribution is 5.26. The molecule has 0 radical (unpaired) electrons. The lowest BCUT2D eigenvalue weighted by atomic mass is 9.93. The summed E-state index contributed by atoms with van der Waals surface area (Å²) in [6.45, 7) is 4.36. The zero-order chi connectivity index (χ0) is 10.4. The van der Waals surface area contributed by atoms with Gasteiger partial charge in [-0.3, -0.25) is 0 Å². The first-order valence-corrected chi connectivity index (χ1v) is 5.34. The van der Waals surface area contributed by atoms with E-state index < -0.39 is 0 Å². The minimum absolute atomic E-state index is 0.533. The number of terminal acetylenes is 1. The van der Waals surface area contributed by atoms with Gasteiger partial charge >= 0.3 is 0 Å². The van der Waals surface area contributed by atoms with Crippen LogP contribution in [0.15, 0.2) is 24.3 Å². The van der Waals surface area contributed by atoms with Crippen LogP contribution in [0.5, 0.6) is 0 Å². The summed E-state index contributed by atoms with van der Waals surface area (Å²) >= 11 is 0. The molecule has 0 aliphatic heterocycles. The molecular formula is C14H18. The first kappa shape index (κ1) is 10.9. The first-order chi connectivity index (χ1) is 6.81. The second-order valence-electron chi connectivity index (χ2n) is 3.61. The van der Waals surface area contributed by atoms with Gasteiger partial charge in [-0.15, -0.1) is 12.3 Å². The molecule has 0 saturated carbocycles. The third-order valence-electron chi connectivity index (χ3n) is 2.72. The van der Waals surface area contributed by atoms with E-state index in [0.717, 1.165) is 19.3 Å². The number of hydrogen-bond donors (Lipinski definition) is 0. The number of benzene rings is 1. The quantitative estimate of drug-likeness (QED) is 0.628. The molecule has 0 bridgehead atoms. The highest BCUT2D eigenvalue weighted by Gasteiger charge is 2.06. The van der Waals surface area contributed by atoms with Crippen molar-refractivity contribution < 1.29 is 0 Å². The van der Waals surface area contributed by atoms with Gasteiger partial charge in [0, 0.05) is 6.42 Å². The summed E-state index contributed by atoms with van der Waals surface area (Å²) in [7, 11) is 0. The molecule has 0 saturated heterocycles. The van der Waals surface area contributed by atoms with Crippen LogP contribution < -0.4 is 0 Å². The van der Waals surface area contributed by atoms with Crippen LogP contribution in [-0.2, 0) is 6.42 Å². The van der Waals surface area contributed by atoms with Crippen molar-refractivity contribution in [2.24, 2.45) is 0 Å². The molecule has 1 aromatic carbocycles. The van der Waals surface area contributed by atoms with Gasteiger partial charge in [0.05, 0.1) is 0 Å². The Labute approximate surface area is 87.4 Å². The van der Waals surface area contributed by atoms with Gasteiger partial charge in [-0.25, -0.2) is 0 Å². The van der Waals surface area contributed by atoms with Gasteiger partial charge in [-0.05, 0) is 29.9 Å². The van der Waals surface area contributed by atoms with E-state index in [4.69, 9.17) is 6.42 Å². The second-order valence-corrected chi connectivity index (χ2v) is 3.61. The van der Waals surface area contributed by atoms with E-state index in [2.05, 4.69) is 44.0 Å². The SMILES string of the molecule is C#CCC(CC)c1ccc(CC)cc1. The Hall–Kier alpha value is -1.22. The first-order valence-electron chi connectivity index (χ1n) is 5.34. The fourth-order valence-electron chi connectivity index (χ4n) is 1.67. The predicted molar refractivity (Wildman–Crippen MR) is 62.3 cm³/mol. The summed E-state index contributed by atoms with van der Waals surface area (Å²) in [6.07, 6.45) is 8.42. The maximum Gasteiger partial charge on any atom is 0.0155 e. The molecule has 0 fully saturated rings. The Kier molecular flexibility index (Phi) is 4.26. The van der Waals surface area contributed by atoms with Crippen molar-refractivity contribution in [1.82, 2.24) is 0 Å². The van der Waals surface area contributed by atoms with E-state index in [1.165, 1.54) is 11.1 Å². The molecule has 0 N–H and O–H groups in total. The molecule has 1 atom stereocenters. The Balaban J connectivity index is 2.79.